The number of nitrogens with one attached hydrogen (secondary N) is 1. The summed E-state index contributed by atoms with van der Waals surface area (Å²) in [6.45, 7) is 7.29. The fourth-order valence-electron chi connectivity index (χ4n) is 3.28. The number of aromatic nitrogens is 2. The van der Waals surface area contributed by atoms with Gasteiger partial charge in [-0.3, -0.25) is 0 Å². The molecule has 0 saturated carbocycles. The Bertz CT molecular complexity index is 680. The van der Waals surface area contributed by atoms with Gasteiger partial charge >= 0.3 is 6.03 Å². The van der Waals surface area contributed by atoms with E-state index in [0.717, 1.165) is 44.8 Å². The van der Waals surface area contributed by atoms with Crippen molar-refractivity contribution < 1.29 is 4.79 Å². The average Bonchev–Trinajstić information content (AvgIpc) is 3.21. The van der Waals surface area contributed by atoms with Gasteiger partial charge in [-0.25, -0.2) is 9.78 Å². The number of hydrogen-bond acceptors (Lipinski definition) is 2. The molecule has 24 heavy (non-hydrogen) atoms. The Morgan fingerprint density at radius 2 is 2.12 bits per heavy atom. The molecule has 1 unspecified atom stereocenters. The standard InChI is InChI=1S/C19H26N4O/c1-3-10-20-19(24)22-11-9-17(14-22)18-21-12-15(2)23(18)13-16-7-5-4-6-8-16/h4-8,12,17H,3,9-11,13-14H2,1-2H3,(H,20,24). The van der Waals surface area contributed by atoms with Crippen LogP contribution in [0.1, 0.15) is 42.8 Å². The van der Waals surface area contributed by atoms with E-state index in [2.05, 4.69) is 53.0 Å². The van der Waals surface area contributed by atoms with Crippen LogP contribution < -0.4 is 5.32 Å². The van der Waals surface area contributed by atoms with Crippen LogP contribution in [0.2, 0.25) is 0 Å². The molecule has 2 aromatic rings. The zero-order valence-electron chi connectivity index (χ0n) is 14.5. The van der Waals surface area contributed by atoms with Crippen molar-refractivity contribution in [2.45, 2.75) is 39.2 Å². The molecule has 1 aromatic carbocycles. The minimum absolute atomic E-state index is 0.0530. The largest absolute Gasteiger partial charge is 0.338 e. The second-order valence-electron chi connectivity index (χ2n) is 6.49. The Kier molecular flexibility index (Phi) is 5.18. The molecule has 1 aliphatic heterocycles. The number of hydrogen-bond donors (Lipinski definition) is 1. The van der Waals surface area contributed by atoms with Gasteiger partial charge in [-0.15, -0.1) is 0 Å². The molecule has 1 atom stereocenters. The normalized spacial score (nSPS) is 17.2. The van der Waals surface area contributed by atoms with Crippen molar-refractivity contribution in [1.82, 2.24) is 19.8 Å². The lowest BCUT2D eigenvalue weighted by Crippen LogP contribution is -2.38. The number of rotatable bonds is 5. The number of benzene rings is 1. The van der Waals surface area contributed by atoms with E-state index in [-0.39, 0.29) is 6.03 Å². The van der Waals surface area contributed by atoms with Crippen molar-refractivity contribution in [3.63, 3.8) is 0 Å². The maximum Gasteiger partial charge on any atom is 0.317 e. The first-order chi connectivity index (χ1) is 11.7. The summed E-state index contributed by atoms with van der Waals surface area (Å²) < 4.78 is 2.29. The van der Waals surface area contributed by atoms with E-state index in [4.69, 9.17) is 0 Å². The van der Waals surface area contributed by atoms with Crippen molar-refractivity contribution in [2.75, 3.05) is 19.6 Å². The highest BCUT2D eigenvalue weighted by molar-refractivity contribution is 5.74. The van der Waals surface area contributed by atoms with Crippen LogP contribution in [-0.4, -0.2) is 40.1 Å². The van der Waals surface area contributed by atoms with Gasteiger partial charge in [0.25, 0.3) is 0 Å². The monoisotopic (exact) mass is 326 g/mol. The molecule has 1 N–H and O–H groups in total. The third kappa shape index (κ3) is 3.61. The molecule has 0 radical (unpaired) electrons. The van der Waals surface area contributed by atoms with Crippen LogP contribution in [0.3, 0.4) is 0 Å². The van der Waals surface area contributed by atoms with Gasteiger partial charge in [0, 0.05) is 44.0 Å². The number of carbonyl (C=O) groups excluding carboxylic acids is 1. The minimum Gasteiger partial charge on any atom is -0.338 e. The van der Waals surface area contributed by atoms with E-state index < -0.39 is 0 Å². The summed E-state index contributed by atoms with van der Waals surface area (Å²) >= 11 is 0. The van der Waals surface area contributed by atoms with E-state index in [1.807, 2.05) is 17.2 Å². The topological polar surface area (TPSA) is 50.2 Å². The summed E-state index contributed by atoms with van der Waals surface area (Å²) in [7, 11) is 0. The first-order valence-corrected chi connectivity index (χ1v) is 8.77. The van der Waals surface area contributed by atoms with Crippen molar-refractivity contribution in [1.29, 1.82) is 0 Å². The second kappa shape index (κ2) is 7.51. The number of amides is 2. The summed E-state index contributed by atoms with van der Waals surface area (Å²) in [6, 6.07) is 10.5. The summed E-state index contributed by atoms with van der Waals surface area (Å²) in [4.78, 5) is 18.7. The van der Waals surface area contributed by atoms with Crippen LogP contribution in [0.4, 0.5) is 4.79 Å². The van der Waals surface area contributed by atoms with E-state index in [0.29, 0.717) is 5.92 Å². The molecule has 3 rings (SSSR count). The Balaban J connectivity index is 1.71. The molecule has 5 heteroatoms. The highest BCUT2D eigenvalue weighted by Crippen LogP contribution is 2.27. The van der Waals surface area contributed by atoms with Gasteiger partial charge in [0.05, 0.1) is 0 Å². The zero-order valence-corrected chi connectivity index (χ0v) is 14.5. The lowest BCUT2D eigenvalue weighted by Gasteiger charge is -2.18. The van der Waals surface area contributed by atoms with Crippen molar-refractivity contribution in [3.8, 4) is 0 Å². The summed E-state index contributed by atoms with van der Waals surface area (Å²) in [5.41, 5.74) is 2.44. The van der Waals surface area contributed by atoms with E-state index in [9.17, 15) is 4.79 Å². The van der Waals surface area contributed by atoms with Gasteiger partial charge in [-0.2, -0.15) is 0 Å². The molecule has 1 saturated heterocycles. The number of urea groups is 1. The molecule has 2 amide bonds. The SMILES string of the molecule is CCCNC(=O)N1CCC(c2ncc(C)n2Cc2ccccc2)C1. The van der Waals surface area contributed by atoms with Gasteiger partial charge < -0.3 is 14.8 Å². The van der Waals surface area contributed by atoms with Crippen LogP contribution in [0, 0.1) is 6.92 Å². The molecule has 1 fully saturated rings. The third-order valence-corrected chi connectivity index (χ3v) is 4.64. The van der Waals surface area contributed by atoms with E-state index in [1.54, 1.807) is 0 Å². The summed E-state index contributed by atoms with van der Waals surface area (Å²) in [5.74, 6) is 1.41. The predicted molar refractivity (Wildman–Crippen MR) is 95.1 cm³/mol. The molecule has 0 spiro atoms. The number of aryl methyl sites for hydroxylation is 1. The zero-order chi connectivity index (χ0) is 16.9. The lowest BCUT2D eigenvalue weighted by molar-refractivity contribution is 0.208. The van der Waals surface area contributed by atoms with Gasteiger partial charge in [-0.05, 0) is 25.3 Å². The quantitative estimate of drug-likeness (QED) is 0.917. The highest BCUT2D eigenvalue weighted by Gasteiger charge is 2.30. The molecule has 2 heterocycles. The molecule has 1 aromatic heterocycles. The number of likely N-dealkylation sites (tertiary alicyclic amines) is 1. The van der Waals surface area contributed by atoms with Gasteiger partial charge in [0.15, 0.2) is 0 Å². The lowest BCUT2D eigenvalue weighted by atomic mass is 10.1. The Morgan fingerprint density at radius 1 is 1.33 bits per heavy atom. The van der Waals surface area contributed by atoms with Crippen LogP contribution in [0.25, 0.3) is 0 Å². The maximum atomic E-state index is 12.1. The predicted octanol–water partition coefficient (Wildman–Crippen LogP) is 3.15. The Morgan fingerprint density at radius 3 is 2.88 bits per heavy atom. The number of nitrogens with zero attached hydrogens (tertiary/aromatic N) is 3. The van der Waals surface area contributed by atoms with Crippen molar-refractivity contribution in [2.24, 2.45) is 0 Å². The Labute approximate surface area is 143 Å². The maximum absolute atomic E-state index is 12.1. The first-order valence-electron chi connectivity index (χ1n) is 8.77. The summed E-state index contributed by atoms with van der Waals surface area (Å²) in [6.07, 6.45) is 3.88. The van der Waals surface area contributed by atoms with E-state index in [1.165, 1.54) is 11.3 Å². The minimum atomic E-state index is 0.0530. The molecule has 128 valence electrons. The number of imidazole rings is 1. The van der Waals surface area contributed by atoms with Crippen LogP contribution in [0.5, 0.6) is 0 Å². The highest BCUT2D eigenvalue weighted by atomic mass is 16.2. The van der Waals surface area contributed by atoms with Crippen LogP contribution in [-0.2, 0) is 6.54 Å². The van der Waals surface area contributed by atoms with E-state index >= 15 is 0 Å². The molecular formula is C19H26N4O. The second-order valence-corrected chi connectivity index (χ2v) is 6.49. The Hall–Kier alpha value is -2.30. The molecular weight excluding hydrogens is 300 g/mol. The van der Waals surface area contributed by atoms with Gasteiger partial charge in [0.2, 0.25) is 0 Å². The first kappa shape index (κ1) is 16.6. The smallest absolute Gasteiger partial charge is 0.317 e. The fraction of sp³-hybridized carbons (Fsp3) is 0.474. The van der Waals surface area contributed by atoms with Crippen molar-refractivity contribution in [3.05, 3.63) is 53.6 Å². The van der Waals surface area contributed by atoms with Gasteiger partial charge in [-0.1, -0.05) is 37.3 Å². The molecule has 5 nitrogen and oxygen atoms in total. The number of carbonyl (C=O) groups is 1. The fourth-order valence-corrected chi connectivity index (χ4v) is 3.28. The summed E-state index contributed by atoms with van der Waals surface area (Å²) in [5, 5.41) is 2.97. The molecule has 1 aliphatic rings. The van der Waals surface area contributed by atoms with Crippen LogP contribution in [0.15, 0.2) is 36.5 Å². The third-order valence-electron chi connectivity index (χ3n) is 4.64. The molecule has 0 aliphatic carbocycles. The molecule has 0 bridgehead atoms. The van der Waals surface area contributed by atoms with Gasteiger partial charge in [0.1, 0.15) is 5.82 Å². The van der Waals surface area contributed by atoms with Crippen LogP contribution >= 0.6 is 0 Å². The van der Waals surface area contributed by atoms with Crippen molar-refractivity contribution >= 4 is 6.03 Å². The average molecular weight is 326 g/mol.